The van der Waals surface area contributed by atoms with Crippen LogP contribution in [0.15, 0.2) is 53.1 Å². The quantitative estimate of drug-likeness (QED) is 0.574. The van der Waals surface area contributed by atoms with Gasteiger partial charge in [0.1, 0.15) is 6.54 Å². The Bertz CT molecular complexity index is 1120. The lowest BCUT2D eigenvalue weighted by Gasteiger charge is -2.25. The zero-order valence-electron chi connectivity index (χ0n) is 17.4. The van der Waals surface area contributed by atoms with Crippen molar-refractivity contribution < 1.29 is 17.7 Å². The van der Waals surface area contributed by atoms with Gasteiger partial charge in [0.25, 0.3) is 0 Å². The molecule has 3 aromatic rings. The van der Waals surface area contributed by atoms with Gasteiger partial charge in [-0.2, -0.15) is 4.98 Å². The topological polar surface area (TPSA) is 96.6 Å². The number of likely N-dealkylation sites (N-methyl/N-ethyl adjacent to an activating group) is 1. The van der Waals surface area contributed by atoms with Crippen molar-refractivity contribution >= 4 is 21.6 Å². The molecule has 0 atom stereocenters. The minimum absolute atomic E-state index is 0.0725. The van der Waals surface area contributed by atoms with Crippen molar-refractivity contribution in [3.05, 3.63) is 65.5 Å². The van der Waals surface area contributed by atoms with Crippen molar-refractivity contribution in [2.45, 2.75) is 20.4 Å². The van der Waals surface area contributed by atoms with Gasteiger partial charge in [-0.05, 0) is 37.1 Å². The SMILES string of the molecule is Cc1cc(C)cc(N(CC(=O)N(C)Cc2nc(-c3ccccc3)no2)S(C)(=O)=O)c1. The lowest BCUT2D eigenvalue weighted by atomic mass is 10.1. The van der Waals surface area contributed by atoms with Gasteiger partial charge < -0.3 is 9.42 Å². The summed E-state index contributed by atoms with van der Waals surface area (Å²) in [4.78, 5) is 18.4. The fourth-order valence-corrected chi connectivity index (χ4v) is 3.89. The summed E-state index contributed by atoms with van der Waals surface area (Å²) in [5, 5.41) is 3.94. The molecule has 0 saturated carbocycles. The number of nitrogens with zero attached hydrogens (tertiary/aromatic N) is 4. The Morgan fingerprint density at radius 1 is 1.07 bits per heavy atom. The zero-order chi connectivity index (χ0) is 21.9. The molecule has 8 nitrogen and oxygen atoms in total. The lowest BCUT2D eigenvalue weighted by molar-refractivity contribution is -0.129. The molecule has 0 spiro atoms. The van der Waals surface area contributed by atoms with Gasteiger partial charge in [0.2, 0.25) is 27.6 Å². The Hall–Kier alpha value is -3.20. The fraction of sp³-hybridized carbons (Fsp3) is 0.286. The van der Waals surface area contributed by atoms with Crippen LogP contribution in [0, 0.1) is 13.8 Å². The lowest BCUT2D eigenvalue weighted by Crippen LogP contribution is -2.41. The minimum Gasteiger partial charge on any atom is -0.337 e. The normalized spacial score (nSPS) is 11.3. The molecule has 9 heteroatoms. The van der Waals surface area contributed by atoms with Crippen molar-refractivity contribution in [3.63, 3.8) is 0 Å². The first-order valence-electron chi connectivity index (χ1n) is 9.31. The summed E-state index contributed by atoms with van der Waals surface area (Å²) in [6.45, 7) is 3.51. The predicted molar refractivity (Wildman–Crippen MR) is 114 cm³/mol. The Morgan fingerprint density at radius 3 is 2.30 bits per heavy atom. The highest BCUT2D eigenvalue weighted by molar-refractivity contribution is 7.92. The molecule has 0 radical (unpaired) electrons. The predicted octanol–water partition coefficient (Wildman–Crippen LogP) is 2.78. The molecule has 3 rings (SSSR count). The van der Waals surface area contributed by atoms with Gasteiger partial charge in [-0.15, -0.1) is 0 Å². The Labute approximate surface area is 176 Å². The second-order valence-electron chi connectivity index (χ2n) is 7.24. The smallest absolute Gasteiger partial charge is 0.246 e. The van der Waals surface area contributed by atoms with E-state index in [2.05, 4.69) is 10.1 Å². The summed E-state index contributed by atoms with van der Waals surface area (Å²) in [6, 6.07) is 14.8. The number of sulfonamides is 1. The largest absolute Gasteiger partial charge is 0.337 e. The molecule has 1 heterocycles. The maximum absolute atomic E-state index is 12.8. The van der Waals surface area contributed by atoms with E-state index in [0.717, 1.165) is 27.3 Å². The molecule has 0 aliphatic carbocycles. The van der Waals surface area contributed by atoms with E-state index in [9.17, 15) is 13.2 Å². The molecule has 1 aromatic heterocycles. The van der Waals surface area contributed by atoms with E-state index in [1.807, 2.05) is 50.2 Å². The van der Waals surface area contributed by atoms with Gasteiger partial charge in [-0.25, -0.2) is 8.42 Å². The van der Waals surface area contributed by atoms with Crippen LogP contribution in [-0.4, -0.2) is 49.2 Å². The Morgan fingerprint density at radius 2 is 1.70 bits per heavy atom. The number of carbonyl (C=O) groups is 1. The summed E-state index contributed by atoms with van der Waals surface area (Å²) < 4.78 is 31.0. The highest BCUT2D eigenvalue weighted by Gasteiger charge is 2.24. The standard InChI is InChI=1S/C21H24N4O4S/c1-15-10-16(2)12-18(11-15)25(30(4,27)28)14-20(26)24(3)13-19-22-21(23-29-19)17-8-6-5-7-9-17/h5-12H,13-14H2,1-4H3. The van der Waals surface area contributed by atoms with Crippen molar-refractivity contribution in [1.29, 1.82) is 0 Å². The van der Waals surface area contributed by atoms with Gasteiger partial charge in [0.05, 0.1) is 18.5 Å². The second kappa shape index (κ2) is 8.66. The number of amides is 1. The molecule has 0 N–H and O–H groups in total. The monoisotopic (exact) mass is 428 g/mol. The third-order valence-corrected chi connectivity index (χ3v) is 5.61. The van der Waals surface area contributed by atoms with Crippen molar-refractivity contribution in [3.8, 4) is 11.4 Å². The summed E-state index contributed by atoms with van der Waals surface area (Å²) in [5.41, 5.74) is 3.10. The van der Waals surface area contributed by atoms with Crippen LogP contribution in [0.2, 0.25) is 0 Å². The summed E-state index contributed by atoms with van der Waals surface area (Å²) in [6.07, 6.45) is 1.09. The van der Waals surface area contributed by atoms with E-state index in [-0.39, 0.29) is 24.9 Å². The minimum atomic E-state index is -3.65. The molecule has 1 amide bonds. The van der Waals surface area contributed by atoms with Gasteiger partial charge in [-0.1, -0.05) is 41.6 Å². The number of hydrogen-bond acceptors (Lipinski definition) is 6. The summed E-state index contributed by atoms with van der Waals surface area (Å²) in [7, 11) is -2.08. The summed E-state index contributed by atoms with van der Waals surface area (Å²) in [5.74, 6) is 0.306. The number of aromatic nitrogens is 2. The molecule has 30 heavy (non-hydrogen) atoms. The number of aryl methyl sites for hydroxylation is 2. The first-order valence-corrected chi connectivity index (χ1v) is 11.2. The number of benzene rings is 2. The maximum atomic E-state index is 12.8. The van der Waals surface area contributed by atoms with E-state index >= 15 is 0 Å². The Balaban J connectivity index is 1.74. The van der Waals surface area contributed by atoms with Crippen LogP contribution in [0.4, 0.5) is 5.69 Å². The number of hydrogen-bond donors (Lipinski definition) is 0. The van der Waals surface area contributed by atoms with Crippen LogP contribution in [0.5, 0.6) is 0 Å². The average molecular weight is 429 g/mol. The van der Waals surface area contributed by atoms with Crippen LogP contribution >= 0.6 is 0 Å². The highest BCUT2D eigenvalue weighted by atomic mass is 32.2. The molecule has 0 unspecified atom stereocenters. The first-order chi connectivity index (χ1) is 14.1. The molecule has 0 aliphatic rings. The van der Waals surface area contributed by atoms with Crippen LogP contribution in [0.1, 0.15) is 17.0 Å². The van der Waals surface area contributed by atoms with Crippen molar-refractivity contribution in [1.82, 2.24) is 15.0 Å². The van der Waals surface area contributed by atoms with Crippen molar-refractivity contribution in [2.75, 3.05) is 24.2 Å². The zero-order valence-corrected chi connectivity index (χ0v) is 18.2. The van der Waals surface area contributed by atoms with E-state index in [1.165, 1.54) is 4.90 Å². The number of rotatable bonds is 7. The molecule has 2 aromatic carbocycles. The highest BCUT2D eigenvalue weighted by Crippen LogP contribution is 2.22. The van der Waals surface area contributed by atoms with E-state index < -0.39 is 10.0 Å². The second-order valence-corrected chi connectivity index (χ2v) is 9.15. The van der Waals surface area contributed by atoms with Crippen LogP contribution < -0.4 is 4.31 Å². The third-order valence-electron chi connectivity index (χ3n) is 4.47. The van der Waals surface area contributed by atoms with Crippen LogP contribution in [0.25, 0.3) is 11.4 Å². The molecule has 0 fully saturated rings. The van der Waals surface area contributed by atoms with E-state index in [4.69, 9.17) is 4.52 Å². The molecule has 0 saturated heterocycles. The Kier molecular flexibility index (Phi) is 6.21. The first kappa shape index (κ1) is 21.5. The van der Waals surface area contributed by atoms with E-state index in [1.54, 1.807) is 19.2 Å². The molecule has 158 valence electrons. The summed E-state index contributed by atoms with van der Waals surface area (Å²) >= 11 is 0. The number of anilines is 1. The molecular formula is C21H24N4O4S. The molecule has 0 aliphatic heterocycles. The van der Waals surface area contributed by atoms with Gasteiger partial charge in [0.15, 0.2) is 0 Å². The average Bonchev–Trinajstić information content (AvgIpc) is 3.13. The number of carbonyl (C=O) groups excluding carboxylic acids is 1. The molecular weight excluding hydrogens is 404 g/mol. The van der Waals surface area contributed by atoms with Crippen molar-refractivity contribution in [2.24, 2.45) is 0 Å². The maximum Gasteiger partial charge on any atom is 0.246 e. The molecule has 0 bridgehead atoms. The van der Waals surface area contributed by atoms with Gasteiger partial charge in [0, 0.05) is 12.6 Å². The van der Waals surface area contributed by atoms with Crippen LogP contribution in [0.3, 0.4) is 0 Å². The van der Waals surface area contributed by atoms with E-state index in [0.29, 0.717) is 11.5 Å². The fourth-order valence-electron chi connectivity index (χ4n) is 3.05. The third kappa shape index (κ3) is 5.24. The van der Waals surface area contributed by atoms with Gasteiger partial charge >= 0.3 is 0 Å². The van der Waals surface area contributed by atoms with Crippen LogP contribution in [-0.2, 0) is 21.4 Å². The van der Waals surface area contributed by atoms with Gasteiger partial charge in [-0.3, -0.25) is 9.10 Å².